The van der Waals surface area contributed by atoms with E-state index in [1.165, 1.54) is 0 Å². The molecule has 0 amide bonds. The molecule has 0 unspecified atom stereocenters. The van der Waals surface area contributed by atoms with Gasteiger partial charge in [-0.1, -0.05) is 18.2 Å². The number of nitrogens with zero attached hydrogens (tertiary/aromatic N) is 1. The van der Waals surface area contributed by atoms with E-state index in [2.05, 4.69) is 0 Å². The van der Waals surface area contributed by atoms with Gasteiger partial charge in [0, 0.05) is 7.05 Å². The second kappa shape index (κ2) is 6.28. The lowest BCUT2D eigenvalue weighted by Gasteiger charge is -2.08. The summed E-state index contributed by atoms with van der Waals surface area (Å²) < 4.78 is 0. The summed E-state index contributed by atoms with van der Waals surface area (Å²) in [5.41, 5.74) is 0.803. The molecular weight excluding hydrogens is 185 g/mol. The molecule has 0 heterocycles. The second-order valence-electron chi connectivity index (χ2n) is 1.86. The molecule has 1 N–H and O–H groups in total. The molecule has 1 aromatic carbocycles. The molecule has 1 aromatic rings. The fraction of sp³-hybridized carbons (Fsp3) is 0.143. The molecule has 0 spiro atoms. The van der Waals surface area contributed by atoms with Gasteiger partial charge in [0.25, 0.3) is 0 Å². The molecule has 0 aliphatic rings. The Hall–Kier alpha value is -0.440. The summed E-state index contributed by atoms with van der Waals surface area (Å²) in [6.07, 6.45) is 0. The Balaban J connectivity index is 0. The highest BCUT2D eigenvalue weighted by molar-refractivity contribution is 5.85. The minimum atomic E-state index is 0. The third-order valence-electron chi connectivity index (χ3n) is 1.13. The van der Waals surface area contributed by atoms with Crippen LogP contribution < -0.4 is 5.06 Å². The zero-order chi connectivity index (χ0) is 6.69. The van der Waals surface area contributed by atoms with Gasteiger partial charge in [-0.2, -0.15) is 0 Å². The van der Waals surface area contributed by atoms with E-state index in [1.807, 2.05) is 30.3 Å². The van der Waals surface area contributed by atoms with E-state index in [-0.39, 0.29) is 24.8 Å². The van der Waals surface area contributed by atoms with Crippen molar-refractivity contribution in [2.24, 2.45) is 0 Å². The molecule has 0 atom stereocenters. The molecule has 0 saturated carbocycles. The van der Waals surface area contributed by atoms with Crippen LogP contribution in [0.3, 0.4) is 0 Å². The Labute approximate surface area is 78.6 Å². The average Bonchev–Trinajstić information content (AvgIpc) is 1.90. The Morgan fingerprint density at radius 3 is 1.82 bits per heavy atom. The van der Waals surface area contributed by atoms with Crippen molar-refractivity contribution in [3.8, 4) is 0 Å². The SMILES string of the molecule is CN(O)c1ccccc1.Cl.Cl. The van der Waals surface area contributed by atoms with Crippen LogP contribution in [0.2, 0.25) is 0 Å². The quantitative estimate of drug-likeness (QED) is 0.697. The number of benzene rings is 1. The van der Waals surface area contributed by atoms with E-state index in [0.29, 0.717) is 0 Å². The summed E-state index contributed by atoms with van der Waals surface area (Å²) in [5, 5.41) is 9.94. The summed E-state index contributed by atoms with van der Waals surface area (Å²) >= 11 is 0. The molecule has 64 valence electrons. The molecule has 11 heavy (non-hydrogen) atoms. The minimum Gasteiger partial charge on any atom is -0.289 e. The van der Waals surface area contributed by atoms with Crippen molar-refractivity contribution in [1.82, 2.24) is 0 Å². The molecule has 0 bridgehead atoms. The summed E-state index contributed by atoms with van der Waals surface area (Å²) in [6, 6.07) is 9.33. The largest absolute Gasteiger partial charge is 0.289 e. The van der Waals surface area contributed by atoms with Crippen LogP contribution in [-0.4, -0.2) is 12.3 Å². The number of para-hydroxylation sites is 1. The number of anilines is 1. The number of halogens is 2. The first-order valence-corrected chi connectivity index (χ1v) is 2.78. The highest BCUT2D eigenvalue weighted by Crippen LogP contribution is 2.07. The van der Waals surface area contributed by atoms with Gasteiger partial charge in [0.2, 0.25) is 0 Å². The molecule has 4 heteroatoms. The Kier molecular flexibility index (Phi) is 7.52. The van der Waals surface area contributed by atoms with Crippen LogP contribution in [0.4, 0.5) is 5.69 Å². The maximum atomic E-state index is 8.86. The first-order valence-electron chi connectivity index (χ1n) is 2.78. The predicted molar refractivity (Wildman–Crippen MR) is 51.1 cm³/mol. The molecule has 0 aromatic heterocycles. The average molecular weight is 196 g/mol. The standard InChI is InChI=1S/C7H9NO.2ClH/c1-8(9)7-5-3-2-4-6-7;;/h2-6,9H,1H3;2*1H. The number of rotatable bonds is 1. The van der Waals surface area contributed by atoms with Crippen LogP contribution in [0.1, 0.15) is 0 Å². The van der Waals surface area contributed by atoms with Crippen molar-refractivity contribution in [3.63, 3.8) is 0 Å². The monoisotopic (exact) mass is 195 g/mol. The van der Waals surface area contributed by atoms with Gasteiger partial charge in [0.1, 0.15) is 0 Å². The Morgan fingerprint density at radius 1 is 1.09 bits per heavy atom. The van der Waals surface area contributed by atoms with Crippen LogP contribution in [0.5, 0.6) is 0 Å². The first kappa shape index (κ1) is 13.2. The maximum absolute atomic E-state index is 8.86. The third-order valence-corrected chi connectivity index (χ3v) is 1.13. The van der Waals surface area contributed by atoms with E-state index in [0.717, 1.165) is 10.8 Å². The zero-order valence-electron chi connectivity index (χ0n) is 6.10. The lowest BCUT2D eigenvalue weighted by atomic mass is 10.3. The molecule has 0 aliphatic carbocycles. The van der Waals surface area contributed by atoms with Gasteiger partial charge in [-0.3, -0.25) is 10.3 Å². The van der Waals surface area contributed by atoms with Crippen molar-refractivity contribution < 1.29 is 5.21 Å². The summed E-state index contributed by atoms with van der Waals surface area (Å²) in [4.78, 5) is 0. The van der Waals surface area contributed by atoms with Crippen LogP contribution in [-0.2, 0) is 0 Å². The smallest absolute Gasteiger partial charge is 0.0630 e. The van der Waals surface area contributed by atoms with Crippen molar-refractivity contribution in [1.29, 1.82) is 0 Å². The zero-order valence-corrected chi connectivity index (χ0v) is 7.73. The predicted octanol–water partition coefficient (Wildman–Crippen LogP) is 2.36. The van der Waals surface area contributed by atoms with E-state index < -0.39 is 0 Å². The van der Waals surface area contributed by atoms with Crippen LogP contribution >= 0.6 is 24.8 Å². The molecule has 2 nitrogen and oxygen atoms in total. The fourth-order valence-corrected chi connectivity index (χ4v) is 0.644. The van der Waals surface area contributed by atoms with Gasteiger partial charge in [-0.25, -0.2) is 0 Å². The van der Waals surface area contributed by atoms with Crippen LogP contribution in [0, 0.1) is 0 Å². The van der Waals surface area contributed by atoms with Gasteiger partial charge >= 0.3 is 0 Å². The topological polar surface area (TPSA) is 23.5 Å². The Bertz CT molecular complexity index is 179. The van der Waals surface area contributed by atoms with Crippen molar-refractivity contribution in [2.75, 3.05) is 12.1 Å². The third kappa shape index (κ3) is 4.09. The highest BCUT2D eigenvalue weighted by Gasteiger charge is 1.89. The van der Waals surface area contributed by atoms with E-state index >= 15 is 0 Å². The molecular formula is C7H11Cl2NO. The molecule has 1 rings (SSSR count). The van der Waals surface area contributed by atoms with E-state index in [9.17, 15) is 0 Å². The lowest BCUT2D eigenvalue weighted by Crippen LogP contribution is -2.08. The van der Waals surface area contributed by atoms with Crippen molar-refractivity contribution in [3.05, 3.63) is 30.3 Å². The normalized spacial score (nSPS) is 7.45. The van der Waals surface area contributed by atoms with Crippen molar-refractivity contribution >= 4 is 30.5 Å². The molecule has 0 aliphatic heterocycles. The van der Waals surface area contributed by atoms with Gasteiger partial charge in [-0.15, -0.1) is 24.8 Å². The number of hydroxylamine groups is 1. The second-order valence-corrected chi connectivity index (χ2v) is 1.86. The Morgan fingerprint density at radius 2 is 1.55 bits per heavy atom. The van der Waals surface area contributed by atoms with Crippen LogP contribution in [0.25, 0.3) is 0 Å². The number of hydrogen-bond acceptors (Lipinski definition) is 2. The van der Waals surface area contributed by atoms with Gasteiger partial charge in [0.15, 0.2) is 0 Å². The van der Waals surface area contributed by atoms with E-state index in [4.69, 9.17) is 5.21 Å². The molecule has 0 saturated heterocycles. The van der Waals surface area contributed by atoms with Gasteiger partial charge < -0.3 is 0 Å². The molecule has 0 fully saturated rings. The number of hydrogen-bond donors (Lipinski definition) is 1. The molecule has 0 radical (unpaired) electrons. The van der Waals surface area contributed by atoms with Crippen LogP contribution in [0.15, 0.2) is 30.3 Å². The van der Waals surface area contributed by atoms with Gasteiger partial charge in [-0.05, 0) is 12.1 Å². The summed E-state index contributed by atoms with van der Waals surface area (Å²) in [7, 11) is 1.59. The lowest BCUT2D eigenvalue weighted by molar-refractivity contribution is 0.279. The maximum Gasteiger partial charge on any atom is 0.0630 e. The van der Waals surface area contributed by atoms with Gasteiger partial charge in [0.05, 0.1) is 5.69 Å². The summed E-state index contributed by atoms with van der Waals surface area (Å²) in [6.45, 7) is 0. The first-order chi connectivity index (χ1) is 4.30. The highest BCUT2D eigenvalue weighted by atomic mass is 35.5. The van der Waals surface area contributed by atoms with Crippen molar-refractivity contribution in [2.45, 2.75) is 0 Å². The summed E-state index contributed by atoms with van der Waals surface area (Å²) in [5.74, 6) is 0. The van der Waals surface area contributed by atoms with E-state index in [1.54, 1.807) is 7.05 Å². The fourth-order valence-electron chi connectivity index (χ4n) is 0.644. The minimum absolute atomic E-state index is 0.